The Bertz CT molecular complexity index is 441. The fraction of sp³-hybridized carbons (Fsp3) is 0.750. The molecule has 7 heteroatoms. The first-order chi connectivity index (χ1) is 11.3. The summed E-state index contributed by atoms with van der Waals surface area (Å²) in [5.74, 6) is 1.35. The third kappa shape index (κ3) is 7.00. The molecule has 1 aliphatic rings. The molecule has 1 atom stereocenters. The summed E-state index contributed by atoms with van der Waals surface area (Å²) >= 11 is 0. The quantitative estimate of drug-likeness (QED) is 0.536. The Morgan fingerprint density at radius 1 is 1.35 bits per heavy atom. The van der Waals surface area contributed by atoms with E-state index in [0.29, 0.717) is 5.92 Å². The smallest absolute Gasteiger partial charge is 0.191 e. The van der Waals surface area contributed by atoms with E-state index in [4.69, 9.17) is 4.74 Å². The second kappa shape index (κ2) is 10.2. The van der Waals surface area contributed by atoms with E-state index in [0.717, 1.165) is 65.0 Å². The molecule has 1 aromatic rings. The van der Waals surface area contributed by atoms with Crippen molar-refractivity contribution in [1.82, 2.24) is 25.3 Å². The molecular weight excluding hydrogens is 292 g/mol. The highest BCUT2D eigenvalue weighted by molar-refractivity contribution is 5.79. The van der Waals surface area contributed by atoms with Crippen molar-refractivity contribution in [2.45, 2.75) is 20.4 Å². The summed E-state index contributed by atoms with van der Waals surface area (Å²) in [4.78, 5) is 7.10. The average molecular weight is 322 g/mol. The minimum atomic E-state index is 0.449. The van der Waals surface area contributed by atoms with Crippen molar-refractivity contribution in [2.24, 2.45) is 10.9 Å². The maximum absolute atomic E-state index is 5.37. The molecule has 0 aromatic carbocycles. The Kier molecular flexibility index (Phi) is 7.89. The van der Waals surface area contributed by atoms with Crippen molar-refractivity contribution < 1.29 is 4.74 Å². The lowest BCUT2D eigenvalue weighted by molar-refractivity contribution is 0.0389. The van der Waals surface area contributed by atoms with Crippen LogP contribution >= 0.6 is 0 Å². The van der Waals surface area contributed by atoms with Crippen LogP contribution in [0.4, 0.5) is 0 Å². The van der Waals surface area contributed by atoms with Crippen LogP contribution in [0, 0.1) is 5.92 Å². The van der Waals surface area contributed by atoms with Crippen molar-refractivity contribution in [3.8, 4) is 0 Å². The third-order valence-corrected chi connectivity index (χ3v) is 3.79. The zero-order valence-electron chi connectivity index (χ0n) is 14.4. The fourth-order valence-corrected chi connectivity index (χ4v) is 2.53. The first-order valence-corrected chi connectivity index (χ1v) is 8.57. The number of ether oxygens (including phenoxy) is 1. The minimum absolute atomic E-state index is 0.449. The molecule has 130 valence electrons. The maximum atomic E-state index is 5.37. The number of morpholine rings is 1. The Hall–Kier alpha value is -1.60. The van der Waals surface area contributed by atoms with Crippen LogP contribution in [-0.2, 0) is 11.3 Å². The number of guanidine groups is 1. The number of rotatable bonds is 8. The number of hydrogen-bond acceptors (Lipinski definition) is 4. The lowest BCUT2D eigenvalue weighted by Crippen LogP contribution is -2.44. The highest BCUT2D eigenvalue weighted by atomic mass is 16.5. The van der Waals surface area contributed by atoms with Crippen LogP contribution in [0.15, 0.2) is 23.5 Å². The second-order valence-corrected chi connectivity index (χ2v) is 5.93. The van der Waals surface area contributed by atoms with Crippen LogP contribution in [0.5, 0.6) is 0 Å². The number of nitrogens with zero attached hydrogens (tertiary/aromatic N) is 4. The van der Waals surface area contributed by atoms with Gasteiger partial charge in [0, 0.05) is 58.2 Å². The molecule has 0 radical (unpaired) electrons. The zero-order chi connectivity index (χ0) is 16.3. The van der Waals surface area contributed by atoms with E-state index in [1.54, 1.807) is 0 Å². The molecule has 0 spiro atoms. The number of hydrogen-bond donors (Lipinski definition) is 2. The summed E-state index contributed by atoms with van der Waals surface area (Å²) in [6, 6.07) is 1.95. The van der Waals surface area contributed by atoms with Crippen molar-refractivity contribution in [2.75, 3.05) is 52.5 Å². The van der Waals surface area contributed by atoms with Gasteiger partial charge in [-0.2, -0.15) is 5.10 Å². The predicted octanol–water partition coefficient (Wildman–Crippen LogP) is 0.407. The summed E-state index contributed by atoms with van der Waals surface area (Å²) in [5, 5.41) is 11.0. The first-order valence-electron chi connectivity index (χ1n) is 8.57. The van der Waals surface area contributed by atoms with E-state index in [9.17, 15) is 0 Å². The van der Waals surface area contributed by atoms with Gasteiger partial charge in [0.25, 0.3) is 0 Å². The molecule has 0 saturated carbocycles. The van der Waals surface area contributed by atoms with Crippen LogP contribution in [-0.4, -0.2) is 73.1 Å². The van der Waals surface area contributed by atoms with Crippen LogP contribution in [0.1, 0.15) is 13.8 Å². The molecule has 2 heterocycles. The second-order valence-electron chi connectivity index (χ2n) is 5.93. The SMILES string of the molecule is CCNC(=NCC(C)Cn1cccn1)NCCN1CCOCC1. The predicted molar refractivity (Wildman–Crippen MR) is 92.6 cm³/mol. The van der Waals surface area contributed by atoms with E-state index in [-0.39, 0.29) is 0 Å². The summed E-state index contributed by atoms with van der Waals surface area (Å²) < 4.78 is 7.33. The molecule has 0 aliphatic carbocycles. The Balaban J connectivity index is 1.70. The molecule has 1 fully saturated rings. The lowest BCUT2D eigenvalue weighted by atomic mass is 10.2. The summed E-state index contributed by atoms with van der Waals surface area (Å²) in [5.41, 5.74) is 0. The standard InChI is InChI=1S/C16H30N6O/c1-3-17-16(18-6-8-21-9-11-23-12-10-21)19-13-15(2)14-22-7-4-5-20-22/h4-5,7,15H,3,6,8-14H2,1-2H3,(H2,17,18,19). The van der Waals surface area contributed by atoms with E-state index < -0.39 is 0 Å². The zero-order valence-corrected chi connectivity index (χ0v) is 14.4. The van der Waals surface area contributed by atoms with Gasteiger partial charge in [0.1, 0.15) is 0 Å². The molecule has 1 aromatic heterocycles. The van der Waals surface area contributed by atoms with E-state index in [2.05, 4.69) is 39.5 Å². The summed E-state index contributed by atoms with van der Waals surface area (Å²) in [7, 11) is 0. The van der Waals surface area contributed by atoms with Gasteiger partial charge in [0.05, 0.1) is 13.2 Å². The van der Waals surface area contributed by atoms with Crippen LogP contribution in [0.2, 0.25) is 0 Å². The lowest BCUT2D eigenvalue weighted by Gasteiger charge is -2.26. The van der Waals surface area contributed by atoms with Crippen molar-refractivity contribution >= 4 is 5.96 Å². The molecule has 7 nitrogen and oxygen atoms in total. The van der Waals surface area contributed by atoms with Gasteiger partial charge in [0.15, 0.2) is 5.96 Å². The van der Waals surface area contributed by atoms with Gasteiger partial charge in [-0.15, -0.1) is 0 Å². The molecule has 1 saturated heterocycles. The third-order valence-electron chi connectivity index (χ3n) is 3.79. The fourth-order valence-electron chi connectivity index (χ4n) is 2.53. The topological polar surface area (TPSA) is 66.7 Å². The number of aliphatic imine (C=N–C) groups is 1. The number of aromatic nitrogens is 2. The molecule has 23 heavy (non-hydrogen) atoms. The molecule has 0 bridgehead atoms. The maximum Gasteiger partial charge on any atom is 0.191 e. The molecule has 0 amide bonds. The highest BCUT2D eigenvalue weighted by Gasteiger charge is 2.10. The molecule has 2 N–H and O–H groups in total. The van der Waals surface area contributed by atoms with Crippen molar-refractivity contribution in [3.05, 3.63) is 18.5 Å². The highest BCUT2D eigenvalue weighted by Crippen LogP contribution is 2.00. The molecular formula is C16H30N6O. The Labute approximate surface area is 139 Å². The molecule has 1 aliphatic heterocycles. The van der Waals surface area contributed by atoms with E-state index in [1.165, 1.54) is 0 Å². The number of nitrogens with one attached hydrogen (secondary N) is 2. The van der Waals surface area contributed by atoms with Crippen LogP contribution < -0.4 is 10.6 Å². The van der Waals surface area contributed by atoms with Gasteiger partial charge < -0.3 is 15.4 Å². The van der Waals surface area contributed by atoms with Crippen molar-refractivity contribution in [3.63, 3.8) is 0 Å². The molecule has 1 unspecified atom stereocenters. The normalized spacial score (nSPS) is 17.9. The summed E-state index contributed by atoms with van der Waals surface area (Å²) in [6.07, 6.45) is 3.80. The Morgan fingerprint density at radius 2 is 2.17 bits per heavy atom. The van der Waals surface area contributed by atoms with Gasteiger partial charge in [-0.3, -0.25) is 14.6 Å². The van der Waals surface area contributed by atoms with Gasteiger partial charge in [-0.25, -0.2) is 0 Å². The molecule has 2 rings (SSSR count). The monoisotopic (exact) mass is 322 g/mol. The van der Waals surface area contributed by atoms with Gasteiger partial charge in [-0.1, -0.05) is 6.92 Å². The van der Waals surface area contributed by atoms with Crippen LogP contribution in [0.3, 0.4) is 0 Å². The van der Waals surface area contributed by atoms with Crippen molar-refractivity contribution in [1.29, 1.82) is 0 Å². The van der Waals surface area contributed by atoms with Gasteiger partial charge >= 0.3 is 0 Å². The van der Waals surface area contributed by atoms with E-state index >= 15 is 0 Å². The average Bonchev–Trinajstić information content (AvgIpc) is 3.06. The van der Waals surface area contributed by atoms with Gasteiger partial charge in [0.2, 0.25) is 0 Å². The Morgan fingerprint density at radius 3 is 2.87 bits per heavy atom. The largest absolute Gasteiger partial charge is 0.379 e. The minimum Gasteiger partial charge on any atom is -0.379 e. The summed E-state index contributed by atoms with van der Waals surface area (Å²) in [6.45, 7) is 12.5. The first kappa shape index (κ1) is 17.7. The van der Waals surface area contributed by atoms with Gasteiger partial charge in [-0.05, 0) is 18.9 Å². The van der Waals surface area contributed by atoms with E-state index in [1.807, 2.05) is 23.1 Å². The van der Waals surface area contributed by atoms with Crippen LogP contribution in [0.25, 0.3) is 0 Å².